The molecule has 17 heavy (non-hydrogen) atoms. The van der Waals surface area contributed by atoms with Gasteiger partial charge in [0.25, 0.3) is 0 Å². The summed E-state index contributed by atoms with van der Waals surface area (Å²) >= 11 is 0. The smallest absolute Gasteiger partial charge is 0.220 e. The molecule has 1 aromatic rings. The molecule has 0 bridgehead atoms. The molecule has 0 aliphatic carbocycles. The number of rotatable bonds is 5. The highest BCUT2D eigenvalue weighted by atomic mass is 16.5. The maximum absolute atomic E-state index is 11.6. The molecule has 2 heterocycles. The Morgan fingerprint density at radius 1 is 1.59 bits per heavy atom. The van der Waals surface area contributed by atoms with Crippen LogP contribution in [0.15, 0.2) is 6.33 Å². The van der Waals surface area contributed by atoms with Gasteiger partial charge >= 0.3 is 0 Å². The van der Waals surface area contributed by atoms with Gasteiger partial charge in [-0.05, 0) is 25.7 Å². The van der Waals surface area contributed by atoms with Crippen LogP contribution < -0.4 is 5.32 Å². The third-order valence-electron chi connectivity index (χ3n) is 2.89. The van der Waals surface area contributed by atoms with Gasteiger partial charge in [-0.2, -0.15) is 5.10 Å². The van der Waals surface area contributed by atoms with Crippen molar-refractivity contribution < 1.29 is 9.53 Å². The van der Waals surface area contributed by atoms with E-state index in [-0.39, 0.29) is 12.0 Å². The van der Waals surface area contributed by atoms with E-state index in [1.807, 2.05) is 0 Å². The number of nitrogens with one attached hydrogen (secondary N) is 2. The molecule has 2 rings (SSSR count). The number of nitrogens with zero attached hydrogens (tertiary/aromatic N) is 2. The van der Waals surface area contributed by atoms with E-state index in [0.29, 0.717) is 18.8 Å². The molecule has 0 saturated carbocycles. The van der Waals surface area contributed by atoms with Gasteiger partial charge in [0.05, 0.1) is 12.6 Å². The first-order valence-corrected chi connectivity index (χ1v) is 6.07. The summed E-state index contributed by atoms with van der Waals surface area (Å²) in [7, 11) is 0. The van der Waals surface area contributed by atoms with Crippen molar-refractivity contribution in [3.8, 4) is 0 Å². The maximum atomic E-state index is 11.6. The first kappa shape index (κ1) is 12.0. The summed E-state index contributed by atoms with van der Waals surface area (Å²) in [6, 6.07) is 0. The van der Waals surface area contributed by atoms with Crippen LogP contribution in [0.1, 0.15) is 37.9 Å². The first-order chi connectivity index (χ1) is 8.34. The molecule has 1 amide bonds. The van der Waals surface area contributed by atoms with Crippen molar-refractivity contribution in [1.82, 2.24) is 20.5 Å². The van der Waals surface area contributed by atoms with Gasteiger partial charge in [0, 0.05) is 13.0 Å². The lowest BCUT2D eigenvalue weighted by Crippen LogP contribution is -2.26. The monoisotopic (exact) mass is 238 g/mol. The van der Waals surface area contributed by atoms with Crippen LogP contribution in [0.4, 0.5) is 0 Å². The van der Waals surface area contributed by atoms with Gasteiger partial charge < -0.3 is 10.1 Å². The van der Waals surface area contributed by atoms with E-state index in [9.17, 15) is 4.79 Å². The Morgan fingerprint density at radius 2 is 2.53 bits per heavy atom. The number of aromatic nitrogens is 3. The number of hydrogen-bond donors (Lipinski definition) is 2. The van der Waals surface area contributed by atoms with E-state index < -0.39 is 0 Å². The minimum atomic E-state index is 0.0376. The van der Waals surface area contributed by atoms with Crippen molar-refractivity contribution in [1.29, 1.82) is 0 Å². The lowest BCUT2D eigenvalue weighted by Gasteiger charge is -2.22. The third-order valence-corrected chi connectivity index (χ3v) is 2.89. The lowest BCUT2D eigenvalue weighted by atomic mass is 10.0. The Balaban J connectivity index is 1.60. The number of carbonyl (C=O) groups is 1. The zero-order chi connectivity index (χ0) is 11.9. The maximum Gasteiger partial charge on any atom is 0.220 e. The molecule has 1 aliphatic rings. The summed E-state index contributed by atoms with van der Waals surface area (Å²) in [5, 5.41) is 9.21. The molecule has 1 saturated heterocycles. The van der Waals surface area contributed by atoms with Crippen LogP contribution in [0, 0.1) is 0 Å². The molecule has 6 heteroatoms. The summed E-state index contributed by atoms with van der Waals surface area (Å²) in [5.74, 6) is 0.711. The van der Waals surface area contributed by atoms with Crippen LogP contribution in [0.3, 0.4) is 0 Å². The van der Waals surface area contributed by atoms with E-state index in [1.54, 1.807) is 0 Å². The Bertz CT molecular complexity index is 333. The predicted molar refractivity (Wildman–Crippen MR) is 61.1 cm³/mol. The standard InChI is InChI=1S/C11H18N4O2/c16-11(12-7-10-13-8-14-15-10)5-4-9-3-1-2-6-17-9/h8-9H,1-7H2,(H,12,16)(H,13,14,15). The Labute approximate surface area is 100 Å². The van der Waals surface area contributed by atoms with Crippen molar-refractivity contribution in [3.05, 3.63) is 12.2 Å². The number of hydrogen-bond acceptors (Lipinski definition) is 4. The third kappa shape index (κ3) is 4.14. The number of H-pyrrole nitrogens is 1. The van der Waals surface area contributed by atoms with Gasteiger partial charge in [0.2, 0.25) is 5.91 Å². The summed E-state index contributed by atoms with van der Waals surface area (Å²) in [6.45, 7) is 1.24. The van der Waals surface area contributed by atoms with Gasteiger partial charge in [-0.15, -0.1) is 0 Å². The van der Waals surface area contributed by atoms with Crippen molar-refractivity contribution in [2.45, 2.75) is 44.8 Å². The lowest BCUT2D eigenvalue weighted by molar-refractivity contribution is -0.122. The molecule has 1 unspecified atom stereocenters. The molecule has 0 aromatic carbocycles. The van der Waals surface area contributed by atoms with Crippen LogP contribution in [0.25, 0.3) is 0 Å². The molecule has 2 N–H and O–H groups in total. The topological polar surface area (TPSA) is 79.9 Å². The Morgan fingerprint density at radius 3 is 3.24 bits per heavy atom. The number of ether oxygens (including phenoxy) is 1. The second-order valence-corrected chi connectivity index (χ2v) is 4.24. The fourth-order valence-electron chi connectivity index (χ4n) is 1.91. The average molecular weight is 238 g/mol. The van der Waals surface area contributed by atoms with Gasteiger partial charge in [-0.3, -0.25) is 9.89 Å². The van der Waals surface area contributed by atoms with Crippen LogP contribution in [0.5, 0.6) is 0 Å². The number of aromatic amines is 1. The molecule has 1 fully saturated rings. The average Bonchev–Trinajstić information content (AvgIpc) is 2.88. The van der Waals surface area contributed by atoms with Crippen LogP contribution in [-0.2, 0) is 16.1 Å². The molecule has 1 aliphatic heterocycles. The normalized spacial score (nSPS) is 20.1. The second-order valence-electron chi connectivity index (χ2n) is 4.24. The fourth-order valence-corrected chi connectivity index (χ4v) is 1.91. The highest BCUT2D eigenvalue weighted by Crippen LogP contribution is 2.16. The van der Waals surface area contributed by atoms with E-state index >= 15 is 0 Å². The second kappa shape index (κ2) is 6.34. The van der Waals surface area contributed by atoms with E-state index in [0.717, 1.165) is 25.9 Å². The van der Waals surface area contributed by atoms with Crippen LogP contribution >= 0.6 is 0 Å². The van der Waals surface area contributed by atoms with E-state index in [2.05, 4.69) is 20.5 Å². The van der Waals surface area contributed by atoms with Crippen molar-refractivity contribution in [2.75, 3.05) is 6.61 Å². The highest BCUT2D eigenvalue weighted by molar-refractivity contribution is 5.75. The summed E-state index contributed by atoms with van der Waals surface area (Å²) < 4.78 is 5.57. The van der Waals surface area contributed by atoms with Gasteiger partial charge in [-0.25, -0.2) is 4.98 Å². The van der Waals surface area contributed by atoms with Gasteiger partial charge in [-0.1, -0.05) is 0 Å². The molecular formula is C11H18N4O2. The number of amides is 1. The molecule has 94 valence electrons. The van der Waals surface area contributed by atoms with Crippen LogP contribution in [0.2, 0.25) is 0 Å². The molecular weight excluding hydrogens is 220 g/mol. The Kier molecular flexibility index (Phi) is 4.49. The van der Waals surface area contributed by atoms with Gasteiger partial charge in [0.15, 0.2) is 0 Å². The fraction of sp³-hybridized carbons (Fsp3) is 0.727. The number of carbonyl (C=O) groups excluding carboxylic acids is 1. The van der Waals surface area contributed by atoms with E-state index in [1.165, 1.54) is 12.7 Å². The molecule has 0 radical (unpaired) electrons. The quantitative estimate of drug-likeness (QED) is 0.794. The first-order valence-electron chi connectivity index (χ1n) is 6.07. The minimum Gasteiger partial charge on any atom is -0.378 e. The molecule has 1 atom stereocenters. The van der Waals surface area contributed by atoms with Gasteiger partial charge in [0.1, 0.15) is 12.2 Å². The summed E-state index contributed by atoms with van der Waals surface area (Å²) in [6.07, 6.45) is 6.45. The van der Waals surface area contributed by atoms with Crippen molar-refractivity contribution in [3.63, 3.8) is 0 Å². The highest BCUT2D eigenvalue weighted by Gasteiger charge is 2.15. The molecule has 6 nitrogen and oxygen atoms in total. The molecule has 0 spiro atoms. The Hall–Kier alpha value is -1.43. The van der Waals surface area contributed by atoms with Crippen LogP contribution in [-0.4, -0.2) is 33.8 Å². The van der Waals surface area contributed by atoms with Crippen molar-refractivity contribution in [2.24, 2.45) is 0 Å². The summed E-state index contributed by atoms with van der Waals surface area (Å²) in [4.78, 5) is 15.5. The predicted octanol–water partition coefficient (Wildman–Crippen LogP) is 0.770. The zero-order valence-corrected chi connectivity index (χ0v) is 9.82. The summed E-state index contributed by atoms with van der Waals surface area (Å²) in [5.41, 5.74) is 0. The zero-order valence-electron chi connectivity index (χ0n) is 9.82. The molecule has 1 aromatic heterocycles. The minimum absolute atomic E-state index is 0.0376. The van der Waals surface area contributed by atoms with Crippen molar-refractivity contribution >= 4 is 5.91 Å². The SMILES string of the molecule is O=C(CCC1CCCCO1)NCc1ncn[nH]1. The largest absolute Gasteiger partial charge is 0.378 e. The van der Waals surface area contributed by atoms with E-state index in [4.69, 9.17) is 4.74 Å².